The molecule has 3 aromatic rings. The molecule has 8 nitrogen and oxygen atoms in total. The third-order valence-electron chi connectivity index (χ3n) is 10.1. The van der Waals surface area contributed by atoms with E-state index in [2.05, 4.69) is 5.43 Å². The highest BCUT2D eigenvalue weighted by Crippen LogP contribution is 2.64. The molecule has 236 valence electrons. The Morgan fingerprint density at radius 1 is 0.935 bits per heavy atom. The van der Waals surface area contributed by atoms with Crippen LogP contribution in [0.15, 0.2) is 78.4 Å². The second kappa shape index (κ2) is 11.2. The maximum Gasteiger partial charge on any atom is 0.260 e. The number of fused-ring (bicyclic) bond motifs is 4. The summed E-state index contributed by atoms with van der Waals surface area (Å²) in [6.45, 7) is 2.21. The van der Waals surface area contributed by atoms with Crippen LogP contribution in [0.1, 0.15) is 43.2 Å². The summed E-state index contributed by atoms with van der Waals surface area (Å²) in [6.07, 6.45) is 3.00. The maximum absolute atomic E-state index is 15.0. The number of benzene rings is 3. The number of anilines is 1. The third kappa shape index (κ3) is 4.39. The van der Waals surface area contributed by atoms with Crippen LogP contribution in [-0.2, 0) is 24.6 Å². The van der Waals surface area contributed by atoms with Gasteiger partial charge in [0.05, 0.1) is 28.9 Å². The Morgan fingerprint density at radius 2 is 1.65 bits per heavy atom. The van der Waals surface area contributed by atoms with Crippen LogP contribution in [0, 0.1) is 29.5 Å². The smallest absolute Gasteiger partial charge is 0.260 e. The SMILES string of the molecule is CCCN1C(=O)[C@H]2[C@H](CC=C3[C@H]2C[C@H]2C(=O)N(Nc4ccc(F)cc4)C(=O)[C@@]2(c2ccc(Cl)cc2)[C@H]3c2ccc(O)cc2Cl)C1=O. The molecule has 7 rings (SSSR count). The molecule has 4 aliphatic rings. The lowest BCUT2D eigenvalue weighted by Gasteiger charge is -2.50. The van der Waals surface area contributed by atoms with Crippen LogP contribution in [0.2, 0.25) is 10.0 Å². The topological polar surface area (TPSA) is 107 Å². The molecule has 0 bridgehead atoms. The van der Waals surface area contributed by atoms with Crippen molar-refractivity contribution in [2.24, 2.45) is 23.7 Å². The minimum atomic E-state index is -1.54. The molecule has 0 aromatic heterocycles. The van der Waals surface area contributed by atoms with Crippen molar-refractivity contribution in [2.75, 3.05) is 12.0 Å². The van der Waals surface area contributed by atoms with Gasteiger partial charge in [0.25, 0.3) is 11.8 Å². The van der Waals surface area contributed by atoms with E-state index in [1.807, 2.05) is 13.0 Å². The largest absolute Gasteiger partial charge is 0.508 e. The summed E-state index contributed by atoms with van der Waals surface area (Å²) >= 11 is 13.2. The van der Waals surface area contributed by atoms with E-state index in [1.54, 1.807) is 30.3 Å². The van der Waals surface area contributed by atoms with Crippen LogP contribution >= 0.6 is 23.2 Å². The lowest BCUT2D eigenvalue weighted by atomic mass is 9.49. The molecular weight excluding hydrogens is 632 g/mol. The lowest BCUT2D eigenvalue weighted by molar-refractivity contribution is -0.141. The zero-order chi connectivity index (χ0) is 32.5. The van der Waals surface area contributed by atoms with Gasteiger partial charge in [-0.2, -0.15) is 5.01 Å². The van der Waals surface area contributed by atoms with Crippen LogP contribution in [0.4, 0.5) is 10.1 Å². The molecule has 4 amide bonds. The molecule has 0 radical (unpaired) electrons. The Hall–Kier alpha value is -4.21. The molecule has 1 saturated carbocycles. The van der Waals surface area contributed by atoms with Crippen molar-refractivity contribution < 1.29 is 28.7 Å². The molecule has 46 heavy (non-hydrogen) atoms. The number of rotatable bonds is 6. The number of phenols is 1. The first-order chi connectivity index (χ1) is 22.1. The first-order valence-electron chi connectivity index (χ1n) is 15.3. The standard InChI is InChI=1S/C35H30Cl2FN3O5/c1-2-15-40-31(43)25-14-13-23-26(29(25)33(40)45)17-27-32(44)41(39-21-9-7-20(38)8-10-21)34(46)35(27,18-3-5-19(36)6-4-18)30(23)24-12-11-22(42)16-28(24)37/h3-13,16,25-27,29-30,39,42H,2,14-15,17H2,1H3/t25-,26+,27-,29-,30+,35+/m0/s1. The third-order valence-corrected chi connectivity index (χ3v) is 10.7. The number of nitrogens with zero attached hydrogens (tertiary/aromatic N) is 2. The Kier molecular flexibility index (Phi) is 7.44. The fraction of sp³-hybridized carbons (Fsp3) is 0.314. The van der Waals surface area contributed by atoms with Gasteiger partial charge in [-0.05, 0) is 84.8 Å². The highest BCUT2D eigenvalue weighted by atomic mass is 35.5. The molecule has 6 atom stereocenters. The molecular formula is C35H30Cl2FN3O5. The molecule has 2 aliphatic heterocycles. The van der Waals surface area contributed by atoms with E-state index in [9.17, 15) is 23.9 Å². The maximum atomic E-state index is 15.0. The molecule has 3 fully saturated rings. The molecule has 3 aromatic carbocycles. The van der Waals surface area contributed by atoms with E-state index in [0.29, 0.717) is 41.2 Å². The number of imide groups is 2. The Bertz CT molecular complexity index is 1810. The first kappa shape index (κ1) is 30.4. The van der Waals surface area contributed by atoms with Gasteiger partial charge in [-0.15, -0.1) is 0 Å². The zero-order valence-corrected chi connectivity index (χ0v) is 26.3. The molecule has 11 heteroatoms. The number of aromatic hydroxyl groups is 1. The summed E-state index contributed by atoms with van der Waals surface area (Å²) in [6, 6.07) is 16.6. The van der Waals surface area contributed by atoms with Gasteiger partial charge >= 0.3 is 0 Å². The number of hydrazine groups is 1. The monoisotopic (exact) mass is 661 g/mol. The predicted molar refractivity (Wildman–Crippen MR) is 169 cm³/mol. The number of carbonyl (C=O) groups excluding carboxylic acids is 4. The second-order valence-corrected chi connectivity index (χ2v) is 13.3. The normalized spacial score (nSPS) is 28.6. The Balaban J connectivity index is 1.46. The van der Waals surface area contributed by atoms with Crippen LogP contribution in [-0.4, -0.2) is 45.2 Å². The number of likely N-dealkylation sites (tertiary alicyclic amines) is 1. The van der Waals surface area contributed by atoms with Crippen LogP contribution < -0.4 is 5.43 Å². The van der Waals surface area contributed by atoms with E-state index in [4.69, 9.17) is 23.2 Å². The fourth-order valence-electron chi connectivity index (χ4n) is 8.26. The number of phenolic OH excluding ortho intramolecular Hbond substituents is 1. The minimum Gasteiger partial charge on any atom is -0.508 e. The van der Waals surface area contributed by atoms with Crippen LogP contribution in [0.3, 0.4) is 0 Å². The summed E-state index contributed by atoms with van der Waals surface area (Å²) in [4.78, 5) is 58.3. The summed E-state index contributed by atoms with van der Waals surface area (Å²) in [5.41, 5.74) is 3.48. The summed E-state index contributed by atoms with van der Waals surface area (Å²) in [5, 5.41) is 11.9. The van der Waals surface area contributed by atoms with Gasteiger partial charge in [0.15, 0.2) is 0 Å². The van der Waals surface area contributed by atoms with Crippen LogP contribution in [0.5, 0.6) is 5.75 Å². The quantitative estimate of drug-likeness (QED) is 0.240. The van der Waals surface area contributed by atoms with Crippen molar-refractivity contribution in [2.45, 2.75) is 37.5 Å². The van der Waals surface area contributed by atoms with Gasteiger partial charge in [0.2, 0.25) is 11.8 Å². The van der Waals surface area contributed by atoms with E-state index in [-0.39, 0.29) is 29.0 Å². The van der Waals surface area contributed by atoms with Gasteiger partial charge in [0.1, 0.15) is 11.6 Å². The van der Waals surface area contributed by atoms with Crippen molar-refractivity contribution in [3.63, 3.8) is 0 Å². The molecule has 0 spiro atoms. The number of hydrogen-bond acceptors (Lipinski definition) is 6. The van der Waals surface area contributed by atoms with Gasteiger partial charge < -0.3 is 5.11 Å². The lowest BCUT2D eigenvalue weighted by Crippen LogP contribution is -2.53. The molecule has 2 heterocycles. The average Bonchev–Trinajstić information content (AvgIpc) is 3.40. The van der Waals surface area contributed by atoms with Gasteiger partial charge in [-0.25, -0.2) is 4.39 Å². The highest BCUT2D eigenvalue weighted by molar-refractivity contribution is 6.32. The van der Waals surface area contributed by atoms with E-state index < -0.39 is 52.6 Å². The van der Waals surface area contributed by atoms with Gasteiger partial charge in [-0.3, -0.25) is 29.5 Å². The Morgan fingerprint density at radius 3 is 2.33 bits per heavy atom. The fourth-order valence-corrected chi connectivity index (χ4v) is 8.67. The molecule has 2 N–H and O–H groups in total. The number of allylic oxidation sites excluding steroid dienone is 2. The first-order valence-corrected chi connectivity index (χ1v) is 16.0. The number of halogens is 3. The zero-order valence-electron chi connectivity index (χ0n) is 24.8. The Labute approximate surface area is 274 Å². The molecule has 2 saturated heterocycles. The van der Waals surface area contributed by atoms with E-state index in [0.717, 1.165) is 10.6 Å². The second-order valence-electron chi connectivity index (χ2n) is 12.4. The molecule has 2 aliphatic carbocycles. The van der Waals surface area contributed by atoms with Crippen molar-refractivity contribution in [3.8, 4) is 5.75 Å². The summed E-state index contributed by atoms with van der Waals surface area (Å²) in [5.74, 6) is -5.70. The molecule has 0 unspecified atom stereocenters. The van der Waals surface area contributed by atoms with Crippen LogP contribution in [0.25, 0.3) is 0 Å². The number of hydrogen-bond donors (Lipinski definition) is 2. The van der Waals surface area contributed by atoms with Gasteiger partial charge in [-0.1, -0.05) is 60.0 Å². The number of amides is 4. The minimum absolute atomic E-state index is 0.0731. The predicted octanol–water partition coefficient (Wildman–Crippen LogP) is 6.23. The van der Waals surface area contributed by atoms with Crippen molar-refractivity contribution >= 4 is 52.5 Å². The van der Waals surface area contributed by atoms with Crippen molar-refractivity contribution in [1.82, 2.24) is 9.91 Å². The van der Waals surface area contributed by atoms with E-state index >= 15 is 4.79 Å². The number of carbonyl (C=O) groups is 4. The highest BCUT2D eigenvalue weighted by Gasteiger charge is 2.70. The summed E-state index contributed by atoms with van der Waals surface area (Å²) in [7, 11) is 0. The summed E-state index contributed by atoms with van der Waals surface area (Å²) < 4.78 is 13.7. The van der Waals surface area contributed by atoms with Crippen molar-refractivity contribution in [1.29, 1.82) is 0 Å². The van der Waals surface area contributed by atoms with E-state index in [1.165, 1.54) is 41.3 Å². The average molecular weight is 663 g/mol. The van der Waals surface area contributed by atoms with Crippen molar-refractivity contribution in [3.05, 3.63) is 105 Å². The van der Waals surface area contributed by atoms with Gasteiger partial charge in [0, 0.05) is 22.5 Å². The number of nitrogens with one attached hydrogen (secondary N) is 1.